The van der Waals surface area contributed by atoms with Crippen LogP contribution >= 0.6 is 11.3 Å². The summed E-state index contributed by atoms with van der Waals surface area (Å²) in [6.45, 7) is 0. The van der Waals surface area contributed by atoms with E-state index in [9.17, 15) is 14.7 Å². The predicted molar refractivity (Wildman–Crippen MR) is 89.3 cm³/mol. The number of anilines is 1. The molecule has 1 aliphatic carbocycles. The highest BCUT2D eigenvalue weighted by molar-refractivity contribution is 7.10. The van der Waals surface area contributed by atoms with Crippen molar-refractivity contribution in [1.82, 2.24) is 20.5 Å². The van der Waals surface area contributed by atoms with Gasteiger partial charge in [0.15, 0.2) is 0 Å². The van der Waals surface area contributed by atoms with Crippen molar-refractivity contribution in [1.29, 1.82) is 0 Å². The maximum Gasteiger partial charge on any atom is 0.274 e. The summed E-state index contributed by atoms with van der Waals surface area (Å²) in [5, 5.41) is 21.8. The van der Waals surface area contributed by atoms with Gasteiger partial charge in [-0.2, -0.15) is 0 Å². The number of aliphatic hydroxyl groups is 1. The van der Waals surface area contributed by atoms with E-state index in [1.54, 1.807) is 11.3 Å². The molecule has 1 atom stereocenters. The summed E-state index contributed by atoms with van der Waals surface area (Å²) in [5.41, 5.74) is 5.10. The number of hydrogen-bond acceptors (Lipinski definition) is 7. The molecule has 1 saturated carbocycles. The molecule has 3 rings (SSSR count). The molecule has 1 aliphatic rings. The zero-order valence-corrected chi connectivity index (χ0v) is 13.8. The van der Waals surface area contributed by atoms with Gasteiger partial charge in [-0.3, -0.25) is 14.6 Å². The van der Waals surface area contributed by atoms with Crippen LogP contribution in [0.5, 0.6) is 0 Å². The molecule has 24 heavy (non-hydrogen) atoms. The van der Waals surface area contributed by atoms with Crippen LogP contribution in [0.25, 0.3) is 0 Å². The van der Waals surface area contributed by atoms with E-state index in [2.05, 4.69) is 20.5 Å². The number of aliphatic hydroxyl groups excluding tert-OH is 1. The fourth-order valence-electron chi connectivity index (χ4n) is 2.81. The average molecular weight is 349 g/mol. The molecule has 0 saturated heterocycles. The third-order valence-electron chi connectivity index (χ3n) is 4.16. The van der Waals surface area contributed by atoms with E-state index in [1.807, 2.05) is 17.5 Å². The van der Waals surface area contributed by atoms with Gasteiger partial charge in [0.25, 0.3) is 5.56 Å². The Balaban J connectivity index is 1.60. The summed E-state index contributed by atoms with van der Waals surface area (Å²) >= 11 is 1.58. The number of rotatable bonds is 6. The fraction of sp³-hybridized carbons (Fsp3) is 0.467. The number of aromatic nitrogens is 3. The van der Waals surface area contributed by atoms with Crippen LogP contribution in [0, 0.1) is 5.92 Å². The number of carbonyl (C=O) groups is 1. The highest BCUT2D eigenvalue weighted by Crippen LogP contribution is 2.39. The van der Waals surface area contributed by atoms with E-state index >= 15 is 0 Å². The van der Waals surface area contributed by atoms with Crippen molar-refractivity contribution in [3.8, 4) is 0 Å². The van der Waals surface area contributed by atoms with Crippen molar-refractivity contribution in [3.63, 3.8) is 0 Å². The Hall–Kier alpha value is -2.26. The van der Waals surface area contributed by atoms with E-state index in [1.165, 1.54) is 0 Å². The summed E-state index contributed by atoms with van der Waals surface area (Å²) in [7, 11) is 0. The minimum atomic E-state index is -0.424. The summed E-state index contributed by atoms with van der Waals surface area (Å²) < 4.78 is 0. The second kappa shape index (κ2) is 7.10. The molecular weight excluding hydrogens is 330 g/mol. The minimum Gasteiger partial charge on any atom is -0.393 e. The first-order chi connectivity index (χ1) is 11.5. The molecule has 0 radical (unpaired) electrons. The normalized spacial score (nSPS) is 21.0. The smallest absolute Gasteiger partial charge is 0.274 e. The van der Waals surface area contributed by atoms with Crippen molar-refractivity contribution in [2.75, 3.05) is 5.73 Å². The van der Waals surface area contributed by atoms with Crippen LogP contribution < -0.4 is 16.6 Å². The Morgan fingerprint density at radius 1 is 1.50 bits per heavy atom. The molecule has 1 unspecified atom stereocenters. The van der Waals surface area contributed by atoms with Crippen LogP contribution in [0.3, 0.4) is 0 Å². The molecule has 2 aromatic heterocycles. The van der Waals surface area contributed by atoms with Gasteiger partial charge in [0.1, 0.15) is 5.69 Å². The van der Waals surface area contributed by atoms with Crippen molar-refractivity contribution in [2.45, 2.75) is 37.8 Å². The van der Waals surface area contributed by atoms with E-state index in [0.29, 0.717) is 12.8 Å². The Morgan fingerprint density at radius 2 is 2.29 bits per heavy atom. The zero-order chi connectivity index (χ0) is 17.1. The van der Waals surface area contributed by atoms with E-state index < -0.39 is 5.56 Å². The Morgan fingerprint density at radius 3 is 2.92 bits per heavy atom. The fourth-order valence-corrected chi connectivity index (χ4v) is 3.68. The number of hydrogen-bond donors (Lipinski definition) is 4. The van der Waals surface area contributed by atoms with Crippen LogP contribution in [-0.2, 0) is 11.2 Å². The van der Waals surface area contributed by atoms with Gasteiger partial charge >= 0.3 is 0 Å². The number of nitrogens with zero attached hydrogens (tertiary/aromatic N) is 2. The van der Waals surface area contributed by atoms with Crippen molar-refractivity contribution >= 4 is 23.2 Å². The maximum atomic E-state index is 12.3. The summed E-state index contributed by atoms with van der Waals surface area (Å²) in [5.74, 6) is 0.0321. The van der Waals surface area contributed by atoms with Gasteiger partial charge < -0.3 is 16.2 Å². The van der Waals surface area contributed by atoms with Gasteiger partial charge in [-0.05, 0) is 30.2 Å². The summed E-state index contributed by atoms with van der Waals surface area (Å²) in [6, 6.07) is 3.82. The van der Waals surface area contributed by atoms with Gasteiger partial charge in [-0.25, -0.2) is 0 Å². The number of amides is 1. The number of carbonyl (C=O) groups excluding carboxylic acids is 1. The SMILES string of the molecule is Nc1nnc(CCC(=O)NC(c2cccs2)C2CC(O)C2)c(=O)[nH]1. The monoisotopic (exact) mass is 349 g/mol. The second-order valence-electron chi connectivity index (χ2n) is 5.93. The standard InChI is InChI=1S/C15H19N5O3S/c16-15-18-14(23)10(19-20-15)3-4-12(22)17-13(8-6-9(21)7-8)11-2-1-5-24-11/h1-2,5,8-9,13,21H,3-4,6-7H2,(H,17,22)(H3,16,18,20,23). The number of H-pyrrole nitrogens is 1. The van der Waals surface area contributed by atoms with Gasteiger partial charge in [-0.15, -0.1) is 21.5 Å². The minimum absolute atomic E-state index is 0.0468. The summed E-state index contributed by atoms with van der Waals surface area (Å²) in [4.78, 5) is 27.4. The van der Waals surface area contributed by atoms with Crippen LogP contribution in [0.2, 0.25) is 0 Å². The van der Waals surface area contributed by atoms with Crippen molar-refractivity contribution < 1.29 is 9.90 Å². The third kappa shape index (κ3) is 3.80. The van der Waals surface area contributed by atoms with Crippen LogP contribution in [-0.4, -0.2) is 32.3 Å². The first-order valence-corrected chi connectivity index (χ1v) is 8.63. The molecule has 5 N–H and O–H groups in total. The summed E-state index contributed by atoms with van der Waals surface area (Å²) in [6.07, 6.45) is 1.42. The molecule has 2 heterocycles. The zero-order valence-electron chi connectivity index (χ0n) is 12.9. The molecule has 0 bridgehead atoms. The van der Waals surface area contributed by atoms with Gasteiger partial charge in [0.2, 0.25) is 11.9 Å². The molecule has 128 valence electrons. The van der Waals surface area contributed by atoms with E-state index in [-0.39, 0.29) is 48.5 Å². The number of aryl methyl sites for hydroxylation is 1. The molecule has 2 aromatic rings. The predicted octanol–water partition coefficient (Wildman–Crippen LogP) is 0.370. The lowest BCUT2D eigenvalue weighted by Crippen LogP contribution is -2.41. The third-order valence-corrected chi connectivity index (χ3v) is 5.11. The van der Waals surface area contributed by atoms with Crippen LogP contribution in [0.1, 0.15) is 35.9 Å². The molecular formula is C15H19N5O3S. The molecule has 1 amide bonds. The number of nitrogens with two attached hydrogens (primary N) is 1. The first-order valence-electron chi connectivity index (χ1n) is 7.75. The van der Waals surface area contributed by atoms with Crippen molar-refractivity contribution in [2.24, 2.45) is 5.92 Å². The van der Waals surface area contributed by atoms with Gasteiger partial charge in [0, 0.05) is 17.7 Å². The lowest BCUT2D eigenvalue weighted by Gasteiger charge is -2.37. The lowest BCUT2D eigenvalue weighted by molar-refractivity contribution is -0.123. The van der Waals surface area contributed by atoms with Crippen LogP contribution in [0.4, 0.5) is 5.95 Å². The number of thiophene rings is 1. The lowest BCUT2D eigenvalue weighted by atomic mass is 9.76. The molecule has 9 heteroatoms. The Labute approximate surface area is 142 Å². The molecule has 0 spiro atoms. The number of nitrogen functional groups attached to an aromatic ring is 1. The number of nitrogens with one attached hydrogen (secondary N) is 2. The van der Waals surface area contributed by atoms with Crippen LogP contribution in [0.15, 0.2) is 22.3 Å². The first kappa shape index (κ1) is 16.6. The quantitative estimate of drug-likeness (QED) is 0.595. The number of aromatic amines is 1. The molecule has 1 fully saturated rings. The van der Waals surface area contributed by atoms with Crippen molar-refractivity contribution in [3.05, 3.63) is 38.4 Å². The molecule has 8 nitrogen and oxygen atoms in total. The van der Waals surface area contributed by atoms with E-state index in [0.717, 1.165) is 4.88 Å². The largest absolute Gasteiger partial charge is 0.393 e. The molecule has 0 aliphatic heterocycles. The topological polar surface area (TPSA) is 134 Å². The van der Waals surface area contributed by atoms with Gasteiger partial charge in [-0.1, -0.05) is 6.07 Å². The molecule has 0 aromatic carbocycles. The highest BCUT2D eigenvalue weighted by atomic mass is 32.1. The Kier molecular flexibility index (Phi) is 4.91. The van der Waals surface area contributed by atoms with E-state index in [4.69, 9.17) is 5.73 Å². The average Bonchev–Trinajstić information content (AvgIpc) is 3.03. The maximum absolute atomic E-state index is 12.3. The second-order valence-corrected chi connectivity index (χ2v) is 6.91. The Bertz CT molecular complexity index is 755. The highest BCUT2D eigenvalue weighted by Gasteiger charge is 2.36. The van der Waals surface area contributed by atoms with Gasteiger partial charge in [0.05, 0.1) is 12.1 Å².